The van der Waals surface area contributed by atoms with E-state index in [-0.39, 0.29) is 24.0 Å². The molecule has 2 aromatic rings. The van der Waals surface area contributed by atoms with Gasteiger partial charge in [-0.25, -0.2) is 4.85 Å². The molecule has 2 aromatic carbocycles. The maximum atomic E-state index is 13.0. The number of carbonyl (C=O) groups is 2. The summed E-state index contributed by atoms with van der Waals surface area (Å²) < 4.78 is 6.54. The lowest BCUT2D eigenvalue weighted by atomic mass is 9.91. The van der Waals surface area contributed by atoms with Crippen LogP contribution >= 0.6 is 0 Å². The van der Waals surface area contributed by atoms with Crippen molar-refractivity contribution in [2.24, 2.45) is 0 Å². The Hall–Kier alpha value is -3.63. The number of ether oxygens (including phenoxy) is 1. The zero-order chi connectivity index (χ0) is 25.2. The Morgan fingerprint density at radius 2 is 1.92 bits per heavy atom. The zero-order valence-electron chi connectivity index (χ0n) is 20.7. The van der Waals surface area contributed by atoms with Crippen molar-refractivity contribution in [1.29, 1.82) is 0 Å². The number of rotatable bonds is 6. The van der Waals surface area contributed by atoms with E-state index in [9.17, 15) is 9.59 Å². The largest absolute Gasteiger partial charge is 0.489 e. The molecule has 186 valence electrons. The van der Waals surface area contributed by atoms with Gasteiger partial charge in [0.15, 0.2) is 5.69 Å². The normalized spacial score (nSPS) is 23.9. The maximum absolute atomic E-state index is 13.0. The van der Waals surface area contributed by atoms with Gasteiger partial charge in [0.1, 0.15) is 17.9 Å². The molecule has 1 saturated carbocycles. The Labute approximate surface area is 212 Å². The number of hydrogen-bond acceptors (Lipinski definition) is 4. The van der Waals surface area contributed by atoms with Crippen molar-refractivity contribution in [3.05, 3.63) is 82.8 Å². The topological polar surface area (TPSA) is 66.2 Å². The Balaban J connectivity index is 1.27. The maximum Gasteiger partial charge on any atom is 0.255 e. The highest BCUT2D eigenvalue weighted by Crippen LogP contribution is 2.33. The predicted octanol–water partition coefficient (Wildman–Crippen LogP) is 4.81. The van der Waals surface area contributed by atoms with Crippen LogP contribution in [0.3, 0.4) is 0 Å². The molecule has 0 aromatic heterocycles. The second kappa shape index (κ2) is 10.2. The van der Waals surface area contributed by atoms with E-state index >= 15 is 0 Å². The fraction of sp³-hybridized carbons (Fsp3) is 0.414. The van der Waals surface area contributed by atoms with Gasteiger partial charge in [0, 0.05) is 30.4 Å². The van der Waals surface area contributed by atoms with Gasteiger partial charge >= 0.3 is 0 Å². The van der Waals surface area contributed by atoms with Crippen LogP contribution in [0.25, 0.3) is 4.85 Å². The number of carbonyl (C=O) groups excluding carboxylic acids is 2. The number of likely N-dealkylation sites (N-methyl/N-ethyl adjacent to an activating group) is 1. The zero-order valence-corrected chi connectivity index (χ0v) is 20.7. The van der Waals surface area contributed by atoms with Crippen LogP contribution in [0, 0.1) is 6.57 Å². The molecule has 1 unspecified atom stereocenters. The molecule has 2 aliphatic heterocycles. The summed E-state index contributed by atoms with van der Waals surface area (Å²) in [4.78, 5) is 33.0. The van der Waals surface area contributed by atoms with E-state index in [1.807, 2.05) is 42.5 Å². The molecule has 7 heteroatoms. The van der Waals surface area contributed by atoms with Crippen molar-refractivity contribution in [2.45, 2.75) is 69.8 Å². The fourth-order valence-corrected chi connectivity index (χ4v) is 5.68. The van der Waals surface area contributed by atoms with Gasteiger partial charge in [-0.3, -0.25) is 14.5 Å². The second-order valence-electron chi connectivity index (χ2n) is 10.1. The van der Waals surface area contributed by atoms with Crippen LogP contribution in [-0.4, -0.2) is 46.8 Å². The molecule has 36 heavy (non-hydrogen) atoms. The van der Waals surface area contributed by atoms with E-state index in [1.54, 1.807) is 4.90 Å². The number of hydrogen-bond donors (Lipinski definition) is 1. The molecule has 0 spiro atoms. The quantitative estimate of drug-likeness (QED) is 0.598. The second-order valence-corrected chi connectivity index (χ2v) is 10.1. The number of fused-ring (bicyclic) bond motifs is 1. The highest BCUT2D eigenvalue weighted by atomic mass is 16.5. The monoisotopic (exact) mass is 484 g/mol. The van der Waals surface area contributed by atoms with E-state index in [1.165, 1.54) is 12.0 Å². The molecule has 5 rings (SSSR count). The molecule has 2 amide bonds. The third kappa shape index (κ3) is 4.87. The van der Waals surface area contributed by atoms with Crippen molar-refractivity contribution >= 4 is 17.5 Å². The van der Waals surface area contributed by atoms with Gasteiger partial charge in [0.2, 0.25) is 5.91 Å². The van der Waals surface area contributed by atoms with Crippen LogP contribution in [-0.2, 0) is 17.9 Å². The first-order chi connectivity index (χ1) is 17.4. The van der Waals surface area contributed by atoms with Crippen LogP contribution in [0.2, 0.25) is 0 Å². The van der Waals surface area contributed by atoms with Crippen molar-refractivity contribution < 1.29 is 14.3 Å². The Morgan fingerprint density at radius 1 is 1.14 bits per heavy atom. The SMILES string of the molecule is [C-]#[N+]c1ccc(CN(C)[C@H]2CCCC[C@H]2Oc2ccc3c(c2)CN(C2CCC(=C)NC2=O)C3=O)cc1. The first-order valence-electron chi connectivity index (χ1n) is 12.7. The van der Waals surface area contributed by atoms with E-state index in [0.29, 0.717) is 36.3 Å². The smallest absolute Gasteiger partial charge is 0.255 e. The van der Waals surface area contributed by atoms with Crippen molar-refractivity contribution in [1.82, 2.24) is 15.1 Å². The lowest BCUT2D eigenvalue weighted by molar-refractivity contribution is -0.126. The van der Waals surface area contributed by atoms with Crippen LogP contribution in [0.1, 0.15) is 60.0 Å². The van der Waals surface area contributed by atoms with E-state index in [2.05, 4.69) is 28.7 Å². The average Bonchev–Trinajstić information content (AvgIpc) is 3.20. The number of benzene rings is 2. The van der Waals surface area contributed by atoms with Crippen molar-refractivity contribution in [3.8, 4) is 5.75 Å². The summed E-state index contributed by atoms with van der Waals surface area (Å²) >= 11 is 0. The van der Waals surface area contributed by atoms with Crippen molar-refractivity contribution in [2.75, 3.05) is 7.05 Å². The molecule has 1 N–H and O–H groups in total. The minimum Gasteiger partial charge on any atom is -0.489 e. The number of nitrogens with one attached hydrogen (secondary N) is 1. The molecule has 1 saturated heterocycles. The van der Waals surface area contributed by atoms with Gasteiger partial charge in [0.05, 0.1) is 6.57 Å². The highest BCUT2D eigenvalue weighted by molar-refractivity contribution is 6.01. The lowest BCUT2D eigenvalue weighted by Crippen LogP contribution is -2.49. The lowest BCUT2D eigenvalue weighted by Gasteiger charge is -2.38. The highest BCUT2D eigenvalue weighted by Gasteiger charge is 2.38. The molecule has 7 nitrogen and oxygen atoms in total. The summed E-state index contributed by atoms with van der Waals surface area (Å²) in [5.41, 5.74) is 4.11. The molecular weight excluding hydrogens is 452 g/mol. The third-order valence-corrected chi connectivity index (χ3v) is 7.63. The first-order valence-corrected chi connectivity index (χ1v) is 12.7. The van der Waals surface area contributed by atoms with Crippen LogP contribution < -0.4 is 10.1 Å². The molecule has 3 atom stereocenters. The van der Waals surface area contributed by atoms with E-state index < -0.39 is 6.04 Å². The predicted molar refractivity (Wildman–Crippen MR) is 137 cm³/mol. The van der Waals surface area contributed by atoms with E-state index in [0.717, 1.165) is 37.1 Å². The summed E-state index contributed by atoms with van der Waals surface area (Å²) in [7, 11) is 2.14. The Morgan fingerprint density at radius 3 is 2.67 bits per heavy atom. The summed E-state index contributed by atoms with van der Waals surface area (Å²) in [5, 5.41) is 2.79. The number of piperidine rings is 1. The molecule has 1 aliphatic carbocycles. The van der Waals surface area contributed by atoms with Gasteiger partial charge in [-0.1, -0.05) is 37.3 Å². The van der Waals surface area contributed by atoms with Crippen LogP contribution in [0.4, 0.5) is 5.69 Å². The van der Waals surface area contributed by atoms with Crippen LogP contribution in [0.5, 0.6) is 5.75 Å². The van der Waals surface area contributed by atoms with Crippen LogP contribution in [0.15, 0.2) is 54.7 Å². The molecule has 0 bridgehead atoms. The molecule has 2 heterocycles. The molecular formula is C29H32N4O3. The third-order valence-electron chi connectivity index (χ3n) is 7.63. The minimum atomic E-state index is -0.458. The number of allylic oxidation sites excluding steroid dienone is 1. The van der Waals surface area contributed by atoms with Crippen molar-refractivity contribution in [3.63, 3.8) is 0 Å². The summed E-state index contributed by atoms with van der Waals surface area (Å²) in [6.07, 6.45) is 5.71. The number of amides is 2. The van der Waals surface area contributed by atoms with E-state index in [4.69, 9.17) is 11.3 Å². The number of nitrogens with zero attached hydrogens (tertiary/aromatic N) is 3. The van der Waals surface area contributed by atoms with Gasteiger partial charge < -0.3 is 15.0 Å². The first kappa shape index (κ1) is 24.1. The summed E-state index contributed by atoms with van der Waals surface area (Å²) in [6, 6.07) is 13.3. The van der Waals surface area contributed by atoms with Gasteiger partial charge in [0.25, 0.3) is 5.91 Å². The average molecular weight is 485 g/mol. The summed E-state index contributed by atoms with van der Waals surface area (Å²) in [6.45, 7) is 12.2. The van der Waals surface area contributed by atoms with Gasteiger partial charge in [-0.15, -0.1) is 0 Å². The molecule has 0 radical (unpaired) electrons. The van der Waals surface area contributed by atoms with Gasteiger partial charge in [-0.05, 0) is 68.5 Å². The molecule has 2 fully saturated rings. The summed E-state index contributed by atoms with van der Waals surface area (Å²) in [5.74, 6) is 0.529. The standard InChI is InChI=1S/C29H32N4O3/c1-19-8-15-26(28(34)31-19)33-18-21-16-23(13-14-24(21)29(33)35)36-27-7-5-4-6-25(27)32(3)17-20-9-11-22(30-2)12-10-20/h9-14,16,25-27H,1,4-8,15,17-18H2,3H3,(H,31,34)/t25-,26?,27+/m0/s1. The molecule has 3 aliphatic rings. The van der Waals surface area contributed by atoms with Gasteiger partial charge in [-0.2, -0.15) is 0 Å². The Bertz CT molecular complexity index is 1220. The fourth-order valence-electron chi connectivity index (χ4n) is 5.68. The minimum absolute atomic E-state index is 0.0626. The Kier molecular flexibility index (Phi) is 6.80.